The Kier molecular flexibility index (Phi) is 3.17. The van der Waals surface area contributed by atoms with Crippen molar-refractivity contribution in [3.8, 4) is 0 Å². The van der Waals surface area contributed by atoms with Crippen molar-refractivity contribution in [2.24, 2.45) is 0 Å². The van der Waals surface area contributed by atoms with Crippen molar-refractivity contribution in [2.45, 2.75) is 0 Å². The first-order chi connectivity index (χ1) is 8.06. The van der Waals surface area contributed by atoms with Crippen LogP contribution in [-0.4, -0.2) is 28.8 Å². The van der Waals surface area contributed by atoms with Crippen LogP contribution in [0.2, 0.25) is 5.15 Å². The van der Waals surface area contributed by atoms with Crippen LogP contribution < -0.4 is 0 Å². The largest absolute Gasteiger partial charge is 0.463 e. The molecule has 1 N–H and O–H groups in total. The maximum Gasteiger partial charge on any atom is 0.379 e. The fraction of sp³-hybridized carbons (Fsp3) is 0.100. The number of aromatic nitrogens is 2. The highest BCUT2D eigenvalue weighted by Crippen LogP contribution is 2.30. The second-order valence-corrected chi connectivity index (χ2v) is 4.38. The summed E-state index contributed by atoms with van der Waals surface area (Å²) in [6.45, 7) is 0. The average molecular weight is 318 g/mol. The first-order valence-electron chi connectivity index (χ1n) is 4.50. The molecule has 0 saturated carbocycles. The zero-order valence-corrected chi connectivity index (χ0v) is 10.9. The van der Waals surface area contributed by atoms with Crippen molar-refractivity contribution in [3.63, 3.8) is 0 Å². The lowest BCUT2D eigenvalue weighted by molar-refractivity contribution is -0.135. The normalized spacial score (nSPS) is 10.5. The summed E-state index contributed by atoms with van der Waals surface area (Å²) in [4.78, 5) is 29.6. The number of esters is 1. The summed E-state index contributed by atoms with van der Waals surface area (Å²) in [7, 11) is 1.15. The number of nitrogens with zero attached hydrogens (tertiary/aromatic N) is 1. The van der Waals surface area contributed by atoms with Crippen molar-refractivity contribution in [1.29, 1.82) is 0 Å². The molecule has 0 bridgehead atoms. The molecule has 0 saturated heterocycles. The van der Waals surface area contributed by atoms with Gasteiger partial charge < -0.3 is 9.72 Å². The Hall–Kier alpha value is -1.40. The summed E-state index contributed by atoms with van der Waals surface area (Å²) in [5, 5.41) is 0.743. The number of carbonyl (C=O) groups excluding carboxylic acids is 2. The summed E-state index contributed by atoms with van der Waals surface area (Å²) < 4.78 is 4.96. The Bertz CT molecular complexity index is 623. The second kappa shape index (κ2) is 4.46. The predicted octanol–water partition coefficient (Wildman–Crippen LogP) is 2.33. The summed E-state index contributed by atoms with van der Waals surface area (Å²) >= 11 is 9.12. The molecule has 0 amide bonds. The van der Waals surface area contributed by atoms with E-state index in [0.29, 0.717) is 15.4 Å². The number of carbonyl (C=O) groups is 2. The topological polar surface area (TPSA) is 72.1 Å². The monoisotopic (exact) mass is 316 g/mol. The summed E-state index contributed by atoms with van der Waals surface area (Å²) in [6, 6.07) is 0. The Labute approximate surface area is 109 Å². The Morgan fingerprint density at radius 3 is 2.88 bits per heavy atom. The van der Waals surface area contributed by atoms with E-state index in [1.807, 2.05) is 0 Å². The Morgan fingerprint density at radius 2 is 2.24 bits per heavy atom. The molecule has 0 spiro atoms. The van der Waals surface area contributed by atoms with Gasteiger partial charge in [0.15, 0.2) is 5.15 Å². The number of hydrogen-bond acceptors (Lipinski definition) is 4. The van der Waals surface area contributed by atoms with Gasteiger partial charge in [0.05, 0.1) is 18.2 Å². The fourth-order valence-corrected chi connectivity index (χ4v) is 2.17. The third kappa shape index (κ3) is 1.94. The summed E-state index contributed by atoms with van der Waals surface area (Å²) in [5.74, 6) is -1.66. The van der Waals surface area contributed by atoms with Crippen LogP contribution in [0.1, 0.15) is 10.4 Å². The molecule has 0 aliphatic rings. The minimum Gasteiger partial charge on any atom is -0.463 e. The molecule has 0 unspecified atom stereocenters. The third-order valence-electron chi connectivity index (χ3n) is 2.23. The lowest BCUT2D eigenvalue weighted by atomic mass is 10.1. The second-order valence-electron chi connectivity index (χ2n) is 3.17. The maximum absolute atomic E-state index is 11.7. The number of H-pyrrole nitrogens is 1. The molecule has 0 radical (unpaired) electrons. The molecule has 2 rings (SSSR count). The predicted molar refractivity (Wildman–Crippen MR) is 65.2 cm³/mol. The molecular weight excluding hydrogens is 311 g/mol. The molecule has 17 heavy (non-hydrogen) atoms. The number of Topliss-reactive ketones (excluding diaryl/α,β-unsaturated/α-hetero) is 1. The van der Waals surface area contributed by atoms with Crippen LogP contribution in [0.5, 0.6) is 0 Å². The van der Waals surface area contributed by atoms with E-state index in [2.05, 4.69) is 30.6 Å². The van der Waals surface area contributed by atoms with Crippen LogP contribution in [0.3, 0.4) is 0 Å². The molecule has 5 nitrogen and oxygen atoms in total. The van der Waals surface area contributed by atoms with Gasteiger partial charge in [-0.15, -0.1) is 0 Å². The molecule has 2 aromatic rings. The zero-order valence-electron chi connectivity index (χ0n) is 8.58. The van der Waals surface area contributed by atoms with Crippen LogP contribution in [0.25, 0.3) is 10.9 Å². The van der Waals surface area contributed by atoms with Crippen LogP contribution in [0.4, 0.5) is 0 Å². The molecular formula is C10H6BrClN2O3. The molecule has 2 aromatic heterocycles. The summed E-state index contributed by atoms with van der Waals surface area (Å²) in [5.41, 5.74) is 0.691. The van der Waals surface area contributed by atoms with Gasteiger partial charge in [0.25, 0.3) is 5.78 Å². The van der Waals surface area contributed by atoms with Crippen molar-refractivity contribution in [1.82, 2.24) is 9.97 Å². The number of ether oxygens (including phenoxy) is 1. The van der Waals surface area contributed by atoms with E-state index in [1.54, 1.807) is 0 Å². The number of halogens is 2. The highest BCUT2D eigenvalue weighted by atomic mass is 79.9. The van der Waals surface area contributed by atoms with Gasteiger partial charge in [0.2, 0.25) is 0 Å². The summed E-state index contributed by atoms with van der Waals surface area (Å²) in [6.07, 6.45) is 2.87. The van der Waals surface area contributed by atoms with E-state index < -0.39 is 11.8 Å². The van der Waals surface area contributed by atoms with E-state index in [4.69, 9.17) is 11.6 Å². The third-order valence-corrected chi connectivity index (χ3v) is 3.12. The van der Waals surface area contributed by atoms with Crippen molar-refractivity contribution < 1.29 is 14.3 Å². The highest BCUT2D eigenvalue weighted by molar-refractivity contribution is 9.10. The SMILES string of the molecule is COC(=O)C(=O)c1c[nH]c2c(Cl)ncc(Br)c12. The molecule has 88 valence electrons. The quantitative estimate of drug-likeness (QED) is 0.399. The van der Waals surface area contributed by atoms with Crippen molar-refractivity contribution >= 4 is 50.2 Å². The average Bonchev–Trinajstić information content (AvgIpc) is 2.77. The minimum absolute atomic E-state index is 0.197. The highest BCUT2D eigenvalue weighted by Gasteiger charge is 2.22. The van der Waals surface area contributed by atoms with Crippen molar-refractivity contribution in [3.05, 3.63) is 27.6 Å². The number of hydrogen-bond donors (Lipinski definition) is 1. The molecule has 7 heteroatoms. The molecule has 2 heterocycles. The maximum atomic E-state index is 11.7. The first kappa shape index (κ1) is 12.1. The fourth-order valence-electron chi connectivity index (χ4n) is 1.46. The van der Waals surface area contributed by atoms with E-state index in [9.17, 15) is 9.59 Å². The molecule has 0 aliphatic heterocycles. The van der Waals surface area contributed by atoms with Gasteiger partial charge in [-0.1, -0.05) is 11.6 Å². The number of fused-ring (bicyclic) bond motifs is 1. The molecule has 0 fully saturated rings. The minimum atomic E-state index is -0.925. The van der Waals surface area contributed by atoms with Crippen LogP contribution in [0.15, 0.2) is 16.9 Å². The van der Waals surface area contributed by atoms with Crippen LogP contribution in [0, 0.1) is 0 Å². The number of rotatable bonds is 2. The Balaban J connectivity index is 2.68. The van der Waals surface area contributed by atoms with E-state index in [1.165, 1.54) is 12.4 Å². The molecule has 0 atom stereocenters. The standard InChI is InChI=1S/C10H6BrClN2O3/c1-17-10(16)8(15)4-2-13-7-6(4)5(11)3-14-9(7)12/h2-3,13H,1H3. The number of nitrogens with one attached hydrogen (secondary N) is 1. The van der Waals surface area contributed by atoms with Gasteiger partial charge in [-0.2, -0.15) is 0 Å². The molecule has 0 aromatic carbocycles. The van der Waals surface area contributed by atoms with E-state index >= 15 is 0 Å². The first-order valence-corrected chi connectivity index (χ1v) is 5.67. The molecule has 0 aliphatic carbocycles. The smallest absolute Gasteiger partial charge is 0.379 e. The lowest BCUT2D eigenvalue weighted by Crippen LogP contribution is -2.15. The van der Waals surface area contributed by atoms with Gasteiger partial charge in [-0.05, 0) is 15.9 Å². The Morgan fingerprint density at radius 1 is 1.53 bits per heavy atom. The van der Waals surface area contributed by atoms with Gasteiger partial charge in [-0.3, -0.25) is 4.79 Å². The number of pyridine rings is 1. The van der Waals surface area contributed by atoms with Crippen LogP contribution in [-0.2, 0) is 9.53 Å². The van der Waals surface area contributed by atoms with Gasteiger partial charge in [-0.25, -0.2) is 9.78 Å². The van der Waals surface area contributed by atoms with Crippen molar-refractivity contribution in [2.75, 3.05) is 7.11 Å². The zero-order chi connectivity index (χ0) is 12.6. The lowest BCUT2D eigenvalue weighted by Gasteiger charge is -1.99. The number of methoxy groups -OCH3 is 1. The van der Waals surface area contributed by atoms with E-state index in [-0.39, 0.29) is 10.7 Å². The van der Waals surface area contributed by atoms with E-state index in [0.717, 1.165) is 7.11 Å². The van der Waals surface area contributed by atoms with Gasteiger partial charge in [0, 0.05) is 22.3 Å². The number of aromatic amines is 1. The van der Waals surface area contributed by atoms with Gasteiger partial charge in [0.1, 0.15) is 0 Å². The van der Waals surface area contributed by atoms with Crippen LogP contribution >= 0.6 is 27.5 Å². The van der Waals surface area contributed by atoms with Gasteiger partial charge >= 0.3 is 5.97 Å². The number of ketones is 1.